The predicted molar refractivity (Wildman–Crippen MR) is 66.4 cm³/mol. The molecule has 0 aliphatic heterocycles. The molecule has 0 saturated carbocycles. The molecular formula is C13H24N2O. The molecule has 1 rings (SSSR count). The average molecular weight is 224 g/mol. The van der Waals surface area contributed by atoms with Crippen LogP contribution in [0.4, 0.5) is 0 Å². The van der Waals surface area contributed by atoms with Crippen molar-refractivity contribution < 1.29 is 5.11 Å². The van der Waals surface area contributed by atoms with Crippen LogP contribution in [0.25, 0.3) is 0 Å². The van der Waals surface area contributed by atoms with Crippen LogP contribution in [0.3, 0.4) is 0 Å². The zero-order valence-corrected chi connectivity index (χ0v) is 10.7. The summed E-state index contributed by atoms with van der Waals surface area (Å²) in [5, 5.41) is 13.6. The summed E-state index contributed by atoms with van der Waals surface area (Å²) in [6.07, 6.45) is 6.32. The molecule has 1 N–H and O–H groups in total. The van der Waals surface area contributed by atoms with Crippen molar-refractivity contribution in [1.82, 2.24) is 9.78 Å². The summed E-state index contributed by atoms with van der Waals surface area (Å²) in [5.41, 5.74) is 1.15. The van der Waals surface area contributed by atoms with Crippen LogP contribution in [0, 0.1) is 5.92 Å². The number of rotatable bonds is 7. The van der Waals surface area contributed by atoms with Crippen molar-refractivity contribution in [2.45, 2.75) is 52.5 Å². The molecule has 3 heteroatoms. The van der Waals surface area contributed by atoms with Crippen LogP contribution in [-0.4, -0.2) is 21.5 Å². The summed E-state index contributed by atoms with van der Waals surface area (Å²) in [7, 11) is 0. The third kappa shape index (κ3) is 3.63. The fraction of sp³-hybridized carbons (Fsp3) is 0.769. The summed E-state index contributed by atoms with van der Waals surface area (Å²) in [6.45, 7) is 6.73. The first-order valence-corrected chi connectivity index (χ1v) is 6.36. The first-order valence-electron chi connectivity index (χ1n) is 6.36. The lowest BCUT2D eigenvalue weighted by molar-refractivity contribution is 0.230. The van der Waals surface area contributed by atoms with Gasteiger partial charge in [0.2, 0.25) is 0 Å². The molecule has 0 aliphatic carbocycles. The summed E-state index contributed by atoms with van der Waals surface area (Å²) < 4.78 is 2.08. The summed E-state index contributed by atoms with van der Waals surface area (Å²) in [5.74, 6) is 0.373. The van der Waals surface area contributed by atoms with Crippen LogP contribution in [0.1, 0.15) is 51.8 Å². The molecular weight excluding hydrogens is 200 g/mol. The zero-order chi connectivity index (χ0) is 12.0. The number of aliphatic hydroxyl groups excluding tert-OH is 1. The van der Waals surface area contributed by atoms with E-state index in [-0.39, 0.29) is 6.61 Å². The molecule has 0 aliphatic rings. The van der Waals surface area contributed by atoms with Gasteiger partial charge in [-0.25, -0.2) is 0 Å². The monoisotopic (exact) mass is 224 g/mol. The van der Waals surface area contributed by atoms with Gasteiger partial charge in [0.25, 0.3) is 0 Å². The summed E-state index contributed by atoms with van der Waals surface area (Å²) in [6, 6.07) is 2.63. The maximum Gasteiger partial charge on any atom is 0.0624 e. The second kappa shape index (κ2) is 6.69. The van der Waals surface area contributed by atoms with Gasteiger partial charge in [-0.2, -0.15) is 5.10 Å². The molecule has 1 unspecified atom stereocenters. The van der Waals surface area contributed by atoms with Gasteiger partial charge in [0.15, 0.2) is 0 Å². The van der Waals surface area contributed by atoms with E-state index in [1.54, 1.807) is 0 Å². The number of hydrogen-bond donors (Lipinski definition) is 1. The van der Waals surface area contributed by atoms with Gasteiger partial charge in [-0.05, 0) is 37.7 Å². The summed E-state index contributed by atoms with van der Waals surface area (Å²) in [4.78, 5) is 0. The molecule has 92 valence electrons. The van der Waals surface area contributed by atoms with Crippen LogP contribution < -0.4 is 0 Å². The van der Waals surface area contributed by atoms with Crippen LogP contribution in [0.2, 0.25) is 0 Å². The first-order chi connectivity index (χ1) is 7.71. The van der Waals surface area contributed by atoms with E-state index in [1.807, 2.05) is 0 Å². The molecule has 0 amide bonds. The van der Waals surface area contributed by atoms with Gasteiger partial charge in [0.1, 0.15) is 0 Å². The van der Waals surface area contributed by atoms with Crippen LogP contribution in [0.15, 0.2) is 12.3 Å². The minimum atomic E-state index is 0.271. The van der Waals surface area contributed by atoms with Crippen molar-refractivity contribution in [3.63, 3.8) is 0 Å². The Kier molecular flexibility index (Phi) is 5.53. The Morgan fingerprint density at radius 3 is 2.62 bits per heavy atom. The standard InChI is InChI=1S/C13H24N2O/c1-4-13(5-2)15-9-8-12(14-15)7-6-11(3)10-16/h8-9,11,13,16H,4-7,10H2,1-3H3. The second-order valence-electron chi connectivity index (χ2n) is 4.58. The Morgan fingerprint density at radius 2 is 2.06 bits per heavy atom. The van der Waals surface area contributed by atoms with Crippen molar-refractivity contribution in [1.29, 1.82) is 0 Å². The molecule has 1 aromatic rings. The Balaban J connectivity index is 2.51. The molecule has 0 saturated heterocycles. The van der Waals surface area contributed by atoms with Gasteiger partial charge in [0.05, 0.1) is 11.7 Å². The number of aryl methyl sites for hydroxylation is 1. The highest BCUT2D eigenvalue weighted by atomic mass is 16.3. The average Bonchev–Trinajstić information content (AvgIpc) is 2.76. The maximum absolute atomic E-state index is 8.96. The van der Waals surface area contributed by atoms with E-state index < -0.39 is 0 Å². The number of aromatic nitrogens is 2. The van der Waals surface area contributed by atoms with Crippen LogP contribution >= 0.6 is 0 Å². The fourth-order valence-electron chi connectivity index (χ4n) is 1.86. The fourth-order valence-corrected chi connectivity index (χ4v) is 1.86. The molecule has 0 bridgehead atoms. The second-order valence-corrected chi connectivity index (χ2v) is 4.58. The molecule has 0 spiro atoms. The minimum absolute atomic E-state index is 0.271. The molecule has 1 aromatic heterocycles. The molecule has 3 nitrogen and oxygen atoms in total. The van der Waals surface area contributed by atoms with E-state index in [0.717, 1.165) is 31.4 Å². The Labute approximate surface area is 98.5 Å². The molecule has 1 heterocycles. The Morgan fingerprint density at radius 1 is 1.38 bits per heavy atom. The lowest BCUT2D eigenvalue weighted by atomic mass is 10.1. The smallest absolute Gasteiger partial charge is 0.0624 e. The van der Waals surface area contributed by atoms with Gasteiger partial charge in [-0.3, -0.25) is 4.68 Å². The minimum Gasteiger partial charge on any atom is -0.396 e. The van der Waals surface area contributed by atoms with E-state index >= 15 is 0 Å². The summed E-state index contributed by atoms with van der Waals surface area (Å²) >= 11 is 0. The lowest BCUT2D eigenvalue weighted by Crippen LogP contribution is -2.08. The molecule has 16 heavy (non-hydrogen) atoms. The van der Waals surface area contributed by atoms with Crippen molar-refractivity contribution in [2.24, 2.45) is 5.92 Å². The van der Waals surface area contributed by atoms with E-state index in [0.29, 0.717) is 12.0 Å². The lowest BCUT2D eigenvalue weighted by Gasteiger charge is -2.12. The SMILES string of the molecule is CCC(CC)n1ccc(CCC(C)CO)n1. The Hall–Kier alpha value is -0.830. The van der Waals surface area contributed by atoms with E-state index in [9.17, 15) is 0 Å². The van der Waals surface area contributed by atoms with Crippen molar-refractivity contribution in [3.8, 4) is 0 Å². The highest BCUT2D eigenvalue weighted by Gasteiger charge is 2.08. The molecule has 0 radical (unpaired) electrons. The van der Waals surface area contributed by atoms with Crippen molar-refractivity contribution >= 4 is 0 Å². The predicted octanol–water partition coefficient (Wildman–Crippen LogP) is 2.81. The first kappa shape index (κ1) is 13.2. The van der Waals surface area contributed by atoms with E-state index in [1.165, 1.54) is 0 Å². The van der Waals surface area contributed by atoms with Gasteiger partial charge < -0.3 is 5.11 Å². The van der Waals surface area contributed by atoms with E-state index in [2.05, 4.69) is 42.8 Å². The third-order valence-corrected chi connectivity index (χ3v) is 3.19. The number of nitrogens with zero attached hydrogens (tertiary/aromatic N) is 2. The number of aliphatic hydroxyl groups is 1. The molecule has 0 aromatic carbocycles. The van der Waals surface area contributed by atoms with Crippen molar-refractivity contribution in [2.75, 3.05) is 6.61 Å². The van der Waals surface area contributed by atoms with Crippen LogP contribution in [-0.2, 0) is 6.42 Å². The highest BCUT2D eigenvalue weighted by Crippen LogP contribution is 2.15. The normalized spacial score (nSPS) is 13.3. The van der Waals surface area contributed by atoms with Gasteiger partial charge in [-0.15, -0.1) is 0 Å². The molecule has 0 fully saturated rings. The maximum atomic E-state index is 8.96. The van der Waals surface area contributed by atoms with E-state index in [4.69, 9.17) is 5.11 Å². The zero-order valence-electron chi connectivity index (χ0n) is 10.7. The van der Waals surface area contributed by atoms with Gasteiger partial charge >= 0.3 is 0 Å². The van der Waals surface area contributed by atoms with Crippen molar-refractivity contribution in [3.05, 3.63) is 18.0 Å². The van der Waals surface area contributed by atoms with Gasteiger partial charge in [-0.1, -0.05) is 20.8 Å². The quantitative estimate of drug-likeness (QED) is 0.773. The molecule has 1 atom stereocenters. The Bertz CT molecular complexity index is 292. The van der Waals surface area contributed by atoms with Crippen LogP contribution in [0.5, 0.6) is 0 Å². The third-order valence-electron chi connectivity index (χ3n) is 3.19. The number of hydrogen-bond acceptors (Lipinski definition) is 2. The highest BCUT2D eigenvalue weighted by molar-refractivity contribution is 5.00. The van der Waals surface area contributed by atoms with Gasteiger partial charge in [0, 0.05) is 12.8 Å². The largest absolute Gasteiger partial charge is 0.396 e. The topological polar surface area (TPSA) is 38.0 Å².